The number of nitrogens with one attached hydrogen (secondary N) is 2. The fourth-order valence-electron chi connectivity index (χ4n) is 2.41. The Morgan fingerprint density at radius 1 is 1.04 bits per heavy atom. The van der Waals surface area contributed by atoms with Crippen molar-refractivity contribution in [2.75, 3.05) is 5.32 Å². The second kappa shape index (κ2) is 6.17. The van der Waals surface area contributed by atoms with Gasteiger partial charge in [-0.25, -0.2) is 0 Å². The first-order valence-corrected chi connectivity index (χ1v) is 7.36. The Morgan fingerprint density at radius 2 is 1.79 bits per heavy atom. The minimum absolute atomic E-state index is 0.149. The Balaban J connectivity index is 2.08. The molecule has 0 aliphatic heterocycles. The van der Waals surface area contributed by atoms with Crippen molar-refractivity contribution in [3.63, 3.8) is 0 Å². The Bertz CT molecular complexity index is 1030. The minimum Gasteiger partial charge on any atom is -0.366 e. The Hall–Kier alpha value is -3.12. The van der Waals surface area contributed by atoms with Gasteiger partial charge >= 0.3 is 0 Å². The number of benzene rings is 2. The first-order valence-electron chi connectivity index (χ1n) is 6.98. The highest BCUT2D eigenvalue weighted by molar-refractivity contribution is 6.31. The molecule has 0 atom stereocenters. The third-order valence-electron chi connectivity index (χ3n) is 3.49. The first-order chi connectivity index (χ1) is 11.5. The zero-order chi connectivity index (χ0) is 17.3. The van der Waals surface area contributed by atoms with Crippen LogP contribution >= 0.6 is 11.6 Å². The zero-order valence-corrected chi connectivity index (χ0v) is 13.1. The quantitative estimate of drug-likeness (QED) is 0.681. The number of amides is 2. The van der Waals surface area contributed by atoms with Crippen LogP contribution in [-0.4, -0.2) is 16.8 Å². The Labute approximate surface area is 141 Å². The van der Waals surface area contributed by atoms with Gasteiger partial charge in [-0.2, -0.15) is 0 Å². The summed E-state index contributed by atoms with van der Waals surface area (Å²) >= 11 is 5.98. The summed E-state index contributed by atoms with van der Waals surface area (Å²) in [4.78, 5) is 38.5. The number of hydrogen-bond donors (Lipinski definition) is 3. The van der Waals surface area contributed by atoms with E-state index in [-0.39, 0.29) is 16.8 Å². The molecular formula is C17H12ClN3O3. The van der Waals surface area contributed by atoms with Gasteiger partial charge in [-0.15, -0.1) is 0 Å². The number of aromatic amines is 1. The monoisotopic (exact) mass is 341 g/mol. The molecule has 3 aromatic rings. The fraction of sp³-hybridized carbons (Fsp3) is 0. The largest absolute Gasteiger partial charge is 0.366 e. The van der Waals surface area contributed by atoms with Gasteiger partial charge in [-0.3, -0.25) is 14.4 Å². The summed E-state index contributed by atoms with van der Waals surface area (Å²) in [6, 6.07) is 12.4. The van der Waals surface area contributed by atoms with Crippen molar-refractivity contribution in [1.82, 2.24) is 4.98 Å². The fourth-order valence-corrected chi connectivity index (χ4v) is 2.58. The van der Waals surface area contributed by atoms with Crippen molar-refractivity contribution in [1.29, 1.82) is 0 Å². The molecule has 3 rings (SSSR count). The molecule has 120 valence electrons. The predicted molar refractivity (Wildman–Crippen MR) is 92.5 cm³/mol. The van der Waals surface area contributed by atoms with Crippen LogP contribution in [0.3, 0.4) is 0 Å². The summed E-state index contributed by atoms with van der Waals surface area (Å²) in [5.41, 5.74) is 5.97. The van der Waals surface area contributed by atoms with E-state index >= 15 is 0 Å². The van der Waals surface area contributed by atoms with Crippen molar-refractivity contribution in [3.8, 4) is 0 Å². The second-order valence-corrected chi connectivity index (χ2v) is 5.54. The van der Waals surface area contributed by atoms with E-state index in [1.165, 1.54) is 12.1 Å². The van der Waals surface area contributed by atoms with Gasteiger partial charge in [0.15, 0.2) is 0 Å². The molecule has 0 fully saturated rings. The molecule has 2 amide bonds. The molecule has 7 heteroatoms. The number of pyridine rings is 1. The van der Waals surface area contributed by atoms with Crippen LogP contribution in [-0.2, 0) is 0 Å². The number of halogens is 1. The average Bonchev–Trinajstić information content (AvgIpc) is 2.54. The number of hydrogen-bond acceptors (Lipinski definition) is 3. The summed E-state index contributed by atoms with van der Waals surface area (Å²) in [7, 11) is 0. The van der Waals surface area contributed by atoms with Crippen LogP contribution in [0.5, 0.6) is 0 Å². The second-order valence-electron chi connectivity index (χ2n) is 5.10. The van der Waals surface area contributed by atoms with Crippen LogP contribution in [0, 0.1) is 0 Å². The molecule has 0 bridgehead atoms. The number of para-hydroxylation sites is 1. The number of carbonyl (C=O) groups excluding carboxylic acids is 2. The van der Waals surface area contributed by atoms with Crippen LogP contribution in [0.15, 0.2) is 53.3 Å². The summed E-state index contributed by atoms with van der Waals surface area (Å²) in [5, 5.41) is 3.54. The third kappa shape index (κ3) is 3.00. The molecule has 0 saturated heterocycles. The molecule has 0 spiro atoms. The molecule has 1 heterocycles. The van der Waals surface area contributed by atoms with Crippen LogP contribution in [0.25, 0.3) is 10.9 Å². The lowest BCUT2D eigenvalue weighted by Crippen LogP contribution is -2.20. The lowest BCUT2D eigenvalue weighted by atomic mass is 10.1. The SMILES string of the molecule is NC(=O)c1ccccc1NC(=O)c1cc(=O)[nH]c2ccc(Cl)cc12. The van der Waals surface area contributed by atoms with E-state index in [4.69, 9.17) is 17.3 Å². The Kier molecular flexibility index (Phi) is 4.05. The van der Waals surface area contributed by atoms with E-state index in [0.29, 0.717) is 15.9 Å². The summed E-state index contributed by atoms with van der Waals surface area (Å²) < 4.78 is 0. The summed E-state index contributed by atoms with van der Waals surface area (Å²) in [6.07, 6.45) is 0. The van der Waals surface area contributed by atoms with Crippen LogP contribution in [0.1, 0.15) is 20.7 Å². The van der Waals surface area contributed by atoms with Crippen LogP contribution < -0.4 is 16.6 Å². The molecule has 24 heavy (non-hydrogen) atoms. The van der Waals surface area contributed by atoms with Crippen molar-refractivity contribution < 1.29 is 9.59 Å². The number of nitrogens with two attached hydrogens (primary N) is 1. The zero-order valence-electron chi connectivity index (χ0n) is 12.3. The first kappa shape index (κ1) is 15.8. The molecule has 0 radical (unpaired) electrons. The topological polar surface area (TPSA) is 105 Å². The average molecular weight is 342 g/mol. The lowest BCUT2D eigenvalue weighted by Gasteiger charge is -2.10. The smallest absolute Gasteiger partial charge is 0.256 e. The van der Waals surface area contributed by atoms with Crippen LogP contribution in [0.2, 0.25) is 5.02 Å². The standard InChI is InChI=1S/C17H12ClN3O3/c18-9-5-6-14-11(7-9)12(8-15(22)20-14)17(24)21-13-4-2-1-3-10(13)16(19)23/h1-8H,(H2,19,23)(H,20,22)(H,21,24). The van der Waals surface area contributed by atoms with Gasteiger partial charge in [0.2, 0.25) is 5.56 Å². The molecule has 1 aromatic heterocycles. The van der Waals surface area contributed by atoms with Gasteiger partial charge in [0.05, 0.1) is 16.8 Å². The number of rotatable bonds is 3. The van der Waals surface area contributed by atoms with Gasteiger partial charge in [0.25, 0.3) is 11.8 Å². The maximum atomic E-state index is 12.6. The van der Waals surface area contributed by atoms with E-state index in [2.05, 4.69) is 10.3 Å². The maximum Gasteiger partial charge on any atom is 0.256 e. The highest BCUT2D eigenvalue weighted by atomic mass is 35.5. The minimum atomic E-state index is -0.662. The van der Waals surface area contributed by atoms with E-state index in [1.807, 2.05) is 0 Å². The molecule has 6 nitrogen and oxygen atoms in total. The number of H-pyrrole nitrogens is 1. The molecular weight excluding hydrogens is 330 g/mol. The molecule has 0 saturated carbocycles. The van der Waals surface area contributed by atoms with Crippen molar-refractivity contribution in [2.45, 2.75) is 0 Å². The highest BCUT2D eigenvalue weighted by Gasteiger charge is 2.15. The number of fused-ring (bicyclic) bond motifs is 1. The van der Waals surface area contributed by atoms with Crippen LogP contribution in [0.4, 0.5) is 5.69 Å². The van der Waals surface area contributed by atoms with E-state index in [9.17, 15) is 14.4 Å². The number of carbonyl (C=O) groups is 2. The van der Waals surface area contributed by atoms with Crippen molar-refractivity contribution in [3.05, 3.63) is 75.0 Å². The molecule has 4 N–H and O–H groups in total. The summed E-state index contributed by atoms with van der Waals surface area (Å²) in [5.74, 6) is -1.20. The van der Waals surface area contributed by atoms with Gasteiger partial charge in [-0.05, 0) is 30.3 Å². The van der Waals surface area contributed by atoms with Gasteiger partial charge < -0.3 is 16.0 Å². The van der Waals surface area contributed by atoms with E-state index in [1.54, 1.807) is 36.4 Å². The Morgan fingerprint density at radius 3 is 2.54 bits per heavy atom. The van der Waals surface area contributed by atoms with Crippen molar-refractivity contribution in [2.24, 2.45) is 5.73 Å². The van der Waals surface area contributed by atoms with Crippen molar-refractivity contribution >= 4 is 40.0 Å². The third-order valence-corrected chi connectivity index (χ3v) is 3.73. The predicted octanol–water partition coefficient (Wildman–Crippen LogP) is 2.53. The van der Waals surface area contributed by atoms with Gasteiger partial charge in [-0.1, -0.05) is 23.7 Å². The molecule has 0 aliphatic rings. The van der Waals surface area contributed by atoms with E-state index in [0.717, 1.165) is 0 Å². The normalized spacial score (nSPS) is 10.5. The lowest BCUT2D eigenvalue weighted by molar-refractivity contribution is 0.100. The molecule has 0 aliphatic carbocycles. The summed E-state index contributed by atoms with van der Waals surface area (Å²) in [6.45, 7) is 0. The number of anilines is 1. The number of aromatic nitrogens is 1. The van der Waals surface area contributed by atoms with Gasteiger partial charge in [0, 0.05) is 22.0 Å². The van der Waals surface area contributed by atoms with Gasteiger partial charge in [0.1, 0.15) is 0 Å². The maximum absolute atomic E-state index is 12.6. The molecule has 0 unspecified atom stereocenters. The highest BCUT2D eigenvalue weighted by Crippen LogP contribution is 2.22. The number of primary amides is 1. The molecule has 2 aromatic carbocycles. The van der Waals surface area contributed by atoms with E-state index < -0.39 is 17.4 Å².